The number of carbonyl (C=O) groups is 1. The summed E-state index contributed by atoms with van der Waals surface area (Å²) >= 11 is 0. The molecule has 1 N–H and O–H groups in total. The van der Waals surface area contributed by atoms with Gasteiger partial charge in [-0.3, -0.25) is 4.79 Å². The number of ketones is 1. The van der Waals surface area contributed by atoms with E-state index in [-0.39, 0.29) is 5.78 Å². The maximum Gasteiger partial charge on any atom is 0.161 e. The molecule has 10 heavy (non-hydrogen) atoms. The minimum Gasteiger partial charge on any atom is -0.393 e. The van der Waals surface area contributed by atoms with Gasteiger partial charge in [-0.05, 0) is 13.8 Å². The van der Waals surface area contributed by atoms with Crippen LogP contribution in [0.1, 0.15) is 13.8 Å². The van der Waals surface area contributed by atoms with Crippen molar-refractivity contribution in [2.45, 2.75) is 13.8 Å². The Kier molecular flexibility index (Phi) is 4.29. The Hall–Kier alpha value is -1.05. The first-order valence-corrected chi connectivity index (χ1v) is 3.23. The van der Waals surface area contributed by atoms with Gasteiger partial charge in [0.25, 0.3) is 0 Å². The topological polar surface area (TPSA) is 29.1 Å². The molecule has 0 unspecified atom stereocenters. The highest BCUT2D eigenvalue weighted by atomic mass is 16.1. The van der Waals surface area contributed by atoms with Crippen molar-refractivity contribution in [1.29, 1.82) is 0 Å². The minimum absolute atomic E-state index is 0.0763. The van der Waals surface area contributed by atoms with Gasteiger partial charge < -0.3 is 5.32 Å². The maximum absolute atomic E-state index is 10.8. The molecular formula is C8H13NO. The molecule has 0 bridgehead atoms. The number of allylic oxidation sites excluding steroid dienone is 3. The Balaban J connectivity index is 4.26. The zero-order valence-corrected chi connectivity index (χ0v) is 6.64. The highest BCUT2D eigenvalue weighted by Gasteiger charge is 1.95. The van der Waals surface area contributed by atoms with Gasteiger partial charge in [-0.1, -0.05) is 12.2 Å². The third-order valence-corrected chi connectivity index (χ3v) is 1.05. The molecule has 0 spiro atoms. The van der Waals surface area contributed by atoms with E-state index < -0.39 is 0 Å². The number of Topliss-reactive ketones (excluding diaryl/α,β-unsaturated/α-hetero) is 1. The zero-order valence-electron chi connectivity index (χ0n) is 6.64. The summed E-state index contributed by atoms with van der Waals surface area (Å²) in [7, 11) is 1.77. The van der Waals surface area contributed by atoms with Gasteiger partial charge >= 0.3 is 0 Å². The van der Waals surface area contributed by atoms with Gasteiger partial charge in [0.05, 0.1) is 0 Å². The van der Waals surface area contributed by atoms with E-state index in [1.807, 2.05) is 13.0 Å². The summed E-state index contributed by atoms with van der Waals surface area (Å²) in [6.07, 6.45) is 5.30. The van der Waals surface area contributed by atoms with E-state index >= 15 is 0 Å². The minimum atomic E-state index is 0.0763. The number of hydrogen-bond donors (Lipinski definition) is 1. The zero-order chi connectivity index (χ0) is 7.98. The Morgan fingerprint density at radius 2 is 2.10 bits per heavy atom. The van der Waals surface area contributed by atoms with E-state index in [1.165, 1.54) is 0 Å². The van der Waals surface area contributed by atoms with Crippen molar-refractivity contribution in [3.05, 3.63) is 23.9 Å². The van der Waals surface area contributed by atoms with Crippen LogP contribution in [0.2, 0.25) is 0 Å². The molecule has 0 fully saturated rings. The normalized spacial score (nSPS) is 12.1. The van der Waals surface area contributed by atoms with Crippen molar-refractivity contribution in [2.24, 2.45) is 0 Å². The van der Waals surface area contributed by atoms with Crippen molar-refractivity contribution < 1.29 is 4.79 Å². The highest BCUT2D eigenvalue weighted by molar-refractivity contribution is 5.95. The third kappa shape index (κ3) is 3.07. The molecule has 0 aliphatic heterocycles. The van der Waals surface area contributed by atoms with Gasteiger partial charge in [0.2, 0.25) is 0 Å². The van der Waals surface area contributed by atoms with Crippen LogP contribution in [-0.2, 0) is 4.79 Å². The smallest absolute Gasteiger partial charge is 0.161 e. The second kappa shape index (κ2) is 4.79. The molecule has 0 aliphatic carbocycles. The lowest BCUT2D eigenvalue weighted by Crippen LogP contribution is -2.00. The van der Waals surface area contributed by atoms with Crippen molar-refractivity contribution in [3.8, 4) is 0 Å². The molecule has 2 nitrogen and oxygen atoms in total. The molecule has 0 aromatic heterocycles. The second-order valence-electron chi connectivity index (χ2n) is 1.94. The average molecular weight is 139 g/mol. The summed E-state index contributed by atoms with van der Waals surface area (Å²) in [6, 6.07) is 0. The first kappa shape index (κ1) is 8.95. The van der Waals surface area contributed by atoms with E-state index in [1.54, 1.807) is 26.2 Å². The predicted octanol–water partition coefficient (Wildman–Crippen LogP) is 1.25. The van der Waals surface area contributed by atoms with Crippen LogP contribution in [0.4, 0.5) is 0 Å². The Morgan fingerprint density at radius 3 is 2.40 bits per heavy atom. The third-order valence-electron chi connectivity index (χ3n) is 1.05. The molecule has 0 atom stereocenters. The van der Waals surface area contributed by atoms with E-state index in [2.05, 4.69) is 5.32 Å². The molecule has 0 heterocycles. The quantitative estimate of drug-likeness (QED) is 0.471. The van der Waals surface area contributed by atoms with Crippen LogP contribution in [0.25, 0.3) is 0 Å². The van der Waals surface area contributed by atoms with Gasteiger partial charge in [-0.25, -0.2) is 0 Å². The summed E-state index contributed by atoms with van der Waals surface area (Å²) in [5.41, 5.74) is 0.699. The summed E-state index contributed by atoms with van der Waals surface area (Å²) < 4.78 is 0. The SMILES string of the molecule is C/C=C\C(=C/NC)C(C)=O. The van der Waals surface area contributed by atoms with Crippen LogP contribution in [0.5, 0.6) is 0 Å². The lowest BCUT2D eigenvalue weighted by Gasteiger charge is -1.93. The predicted molar refractivity (Wildman–Crippen MR) is 42.6 cm³/mol. The summed E-state index contributed by atoms with van der Waals surface area (Å²) in [6.45, 7) is 3.43. The van der Waals surface area contributed by atoms with Crippen LogP contribution in [0.15, 0.2) is 23.9 Å². The summed E-state index contributed by atoms with van der Waals surface area (Å²) in [5.74, 6) is 0.0763. The lowest BCUT2D eigenvalue weighted by molar-refractivity contribution is -0.113. The molecule has 0 amide bonds. The first-order valence-electron chi connectivity index (χ1n) is 3.23. The van der Waals surface area contributed by atoms with E-state index in [9.17, 15) is 4.79 Å². The van der Waals surface area contributed by atoms with Crippen LogP contribution in [0, 0.1) is 0 Å². The van der Waals surface area contributed by atoms with Gasteiger partial charge in [0.1, 0.15) is 0 Å². The Morgan fingerprint density at radius 1 is 1.50 bits per heavy atom. The first-order chi connectivity index (χ1) is 4.72. The fraction of sp³-hybridized carbons (Fsp3) is 0.375. The van der Waals surface area contributed by atoms with Crippen LogP contribution >= 0.6 is 0 Å². The van der Waals surface area contributed by atoms with Gasteiger partial charge in [0, 0.05) is 18.8 Å². The molecule has 0 radical (unpaired) electrons. The monoisotopic (exact) mass is 139 g/mol. The molecule has 0 saturated heterocycles. The Labute approximate surface area is 61.6 Å². The molecular weight excluding hydrogens is 126 g/mol. The molecule has 0 saturated carbocycles. The number of rotatable bonds is 3. The number of carbonyl (C=O) groups excluding carboxylic acids is 1. The molecule has 2 heteroatoms. The van der Waals surface area contributed by atoms with Crippen LogP contribution < -0.4 is 5.32 Å². The van der Waals surface area contributed by atoms with Gasteiger partial charge in [0.15, 0.2) is 5.78 Å². The Bertz CT molecular complexity index is 168. The van der Waals surface area contributed by atoms with Crippen LogP contribution in [0.3, 0.4) is 0 Å². The van der Waals surface area contributed by atoms with Crippen molar-refractivity contribution in [1.82, 2.24) is 5.32 Å². The van der Waals surface area contributed by atoms with Crippen molar-refractivity contribution >= 4 is 5.78 Å². The number of hydrogen-bond acceptors (Lipinski definition) is 2. The molecule has 0 aromatic carbocycles. The number of nitrogens with one attached hydrogen (secondary N) is 1. The fourth-order valence-corrected chi connectivity index (χ4v) is 0.602. The van der Waals surface area contributed by atoms with Crippen molar-refractivity contribution in [2.75, 3.05) is 7.05 Å². The average Bonchev–Trinajstić information content (AvgIpc) is 1.87. The lowest BCUT2D eigenvalue weighted by atomic mass is 10.2. The van der Waals surface area contributed by atoms with E-state index in [0.29, 0.717) is 5.57 Å². The highest BCUT2D eigenvalue weighted by Crippen LogP contribution is 1.95. The fourth-order valence-electron chi connectivity index (χ4n) is 0.602. The molecule has 56 valence electrons. The van der Waals surface area contributed by atoms with E-state index in [0.717, 1.165) is 0 Å². The van der Waals surface area contributed by atoms with E-state index in [4.69, 9.17) is 0 Å². The summed E-state index contributed by atoms with van der Waals surface area (Å²) in [4.78, 5) is 10.8. The molecule has 0 aromatic rings. The van der Waals surface area contributed by atoms with Gasteiger partial charge in [-0.15, -0.1) is 0 Å². The molecule has 0 rings (SSSR count). The molecule has 0 aliphatic rings. The largest absolute Gasteiger partial charge is 0.393 e. The maximum atomic E-state index is 10.8. The summed E-state index contributed by atoms with van der Waals surface area (Å²) in [5, 5.41) is 2.80. The second-order valence-corrected chi connectivity index (χ2v) is 1.94. The standard InChI is InChI=1S/C8H13NO/c1-4-5-8(6-9-3)7(2)10/h4-6,9H,1-3H3/b5-4-,8-6+. The van der Waals surface area contributed by atoms with Crippen LogP contribution in [-0.4, -0.2) is 12.8 Å². The van der Waals surface area contributed by atoms with Crippen molar-refractivity contribution in [3.63, 3.8) is 0 Å². The van der Waals surface area contributed by atoms with Gasteiger partial charge in [-0.2, -0.15) is 0 Å².